The quantitative estimate of drug-likeness (QED) is 0.575. The summed E-state index contributed by atoms with van der Waals surface area (Å²) in [5.41, 5.74) is 5.34. The molecule has 0 atom stereocenters. The maximum absolute atomic E-state index is 13.7. The molecule has 6 heteroatoms. The fourth-order valence-corrected chi connectivity index (χ4v) is 4.66. The van der Waals surface area contributed by atoms with Crippen molar-refractivity contribution in [3.05, 3.63) is 101 Å². The molecule has 3 aromatic carbocycles. The van der Waals surface area contributed by atoms with E-state index in [-0.39, 0.29) is 17.7 Å². The summed E-state index contributed by atoms with van der Waals surface area (Å²) in [7, 11) is 0. The molecule has 0 unspecified atom stereocenters. The fourth-order valence-electron chi connectivity index (χ4n) is 4.66. The van der Waals surface area contributed by atoms with Gasteiger partial charge in [-0.05, 0) is 47.7 Å². The fraction of sp³-hybridized carbons (Fsp3) is 0.179. The second-order valence-corrected chi connectivity index (χ2v) is 8.51. The molecule has 3 amide bonds. The Morgan fingerprint density at radius 2 is 1.59 bits per heavy atom. The predicted molar refractivity (Wildman–Crippen MR) is 132 cm³/mol. The van der Waals surface area contributed by atoms with Gasteiger partial charge in [-0.1, -0.05) is 60.7 Å². The van der Waals surface area contributed by atoms with E-state index in [4.69, 9.17) is 0 Å². The minimum Gasteiger partial charge on any atom is -0.336 e. The lowest BCUT2D eigenvalue weighted by molar-refractivity contribution is -0.136. The smallest absolute Gasteiger partial charge is 0.278 e. The van der Waals surface area contributed by atoms with Crippen LogP contribution in [0.25, 0.3) is 5.57 Å². The average molecular weight is 452 g/mol. The van der Waals surface area contributed by atoms with Crippen LogP contribution in [0.2, 0.25) is 0 Å². The summed E-state index contributed by atoms with van der Waals surface area (Å²) in [6, 6.07) is 24.9. The van der Waals surface area contributed by atoms with E-state index in [0.29, 0.717) is 42.0 Å². The predicted octanol–water partition coefficient (Wildman–Crippen LogP) is 4.03. The van der Waals surface area contributed by atoms with Gasteiger partial charge in [-0.25, -0.2) is 0 Å². The summed E-state index contributed by atoms with van der Waals surface area (Å²) < 4.78 is 0. The van der Waals surface area contributed by atoms with E-state index in [1.807, 2.05) is 53.4 Å². The number of hydrogen-bond donors (Lipinski definition) is 1. The highest BCUT2D eigenvalue weighted by molar-refractivity contribution is 6.36. The molecule has 0 spiro atoms. The summed E-state index contributed by atoms with van der Waals surface area (Å²) in [6.07, 6.45) is 1.41. The molecule has 1 N–H and O–H groups in total. The van der Waals surface area contributed by atoms with Crippen molar-refractivity contribution in [1.82, 2.24) is 4.90 Å². The van der Waals surface area contributed by atoms with Gasteiger partial charge < -0.3 is 10.2 Å². The molecular weight excluding hydrogens is 426 g/mol. The lowest BCUT2D eigenvalue weighted by Crippen LogP contribution is -2.36. The molecule has 0 aromatic heterocycles. The van der Waals surface area contributed by atoms with Gasteiger partial charge in [-0.3, -0.25) is 19.3 Å². The Bertz CT molecular complexity index is 1300. The van der Waals surface area contributed by atoms with Gasteiger partial charge in [0.25, 0.3) is 11.8 Å². The second kappa shape index (κ2) is 8.98. The Balaban J connectivity index is 1.52. The Kier molecular flexibility index (Phi) is 5.72. The van der Waals surface area contributed by atoms with E-state index in [9.17, 15) is 14.4 Å². The van der Waals surface area contributed by atoms with Crippen LogP contribution in [0, 0.1) is 0 Å². The number of para-hydroxylation sites is 1. The lowest BCUT2D eigenvalue weighted by Gasteiger charge is -2.22. The maximum atomic E-state index is 13.7. The molecule has 0 saturated carbocycles. The van der Waals surface area contributed by atoms with Crippen molar-refractivity contribution in [3.63, 3.8) is 0 Å². The van der Waals surface area contributed by atoms with E-state index < -0.39 is 0 Å². The third-order valence-electron chi connectivity index (χ3n) is 6.26. The van der Waals surface area contributed by atoms with Crippen LogP contribution in [-0.4, -0.2) is 35.7 Å². The topological polar surface area (TPSA) is 69.7 Å². The molecule has 2 aliphatic rings. The van der Waals surface area contributed by atoms with Gasteiger partial charge in [-0.2, -0.15) is 0 Å². The first kappa shape index (κ1) is 21.6. The van der Waals surface area contributed by atoms with Crippen LogP contribution < -0.4 is 10.2 Å². The Morgan fingerprint density at radius 3 is 2.32 bits per heavy atom. The number of fused-ring (bicyclic) bond motifs is 1. The van der Waals surface area contributed by atoms with Crippen molar-refractivity contribution in [3.8, 4) is 0 Å². The first-order valence-corrected chi connectivity index (χ1v) is 11.4. The number of carbonyl (C=O) groups excluding carboxylic acids is 3. The highest BCUT2D eigenvalue weighted by Gasteiger charge is 2.43. The summed E-state index contributed by atoms with van der Waals surface area (Å²) in [4.78, 5) is 42.0. The van der Waals surface area contributed by atoms with Crippen molar-refractivity contribution < 1.29 is 14.4 Å². The molecule has 6 nitrogen and oxygen atoms in total. The molecule has 0 saturated heterocycles. The second-order valence-electron chi connectivity index (χ2n) is 8.51. The highest BCUT2D eigenvalue weighted by Crippen LogP contribution is 2.38. The number of amides is 3. The summed E-state index contributed by atoms with van der Waals surface area (Å²) in [5.74, 6) is -0.716. The normalized spacial score (nSPS) is 15.2. The number of nitrogens with one attached hydrogen (secondary N) is 1. The first-order chi connectivity index (χ1) is 16.5. The van der Waals surface area contributed by atoms with E-state index >= 15 is 0 Å². The van der Waals surface area contributed by atoms with Crippen LogP contribution in [0.4, 0.5) is 11.4 Å². The van der Waals surface area contributed by atoms with Crippen LogP contribution in [0.3, 0.4) is 0 Å². The van der Waals surface area contributed by atoms with Gasteiger partial charge in [0.05, 0.1) is 5.57 Å². The maximum Gasteiger partial charge on any atom is 0.278 e. The van der Waals surface area contributed by atoms with Crippen LogP contribution >= 0.6 is 0 Å². The molecule has 2 aliphatic heterocycles. The average Bonchev–Trinajstić information content (AvgIpc) is 3.37. The zero-order chi connectivity index (χ0) is 23.7. The lowest BCUT2D eigenvalue weighted by atomic mass is 10.0. The van der Waals surface area contributed by atoms with Crippen molar-refractivity contribution >= 4 is 34.7 Å². The van der Waals surface area contributed by atoms with Crippen molar-refractivity contribution in [2.75, 3.05) is 23.3 Å². The van der Waals surface area contributed by atoms with Crippen molar-refractivity contribution in [1.29, 1.82) is 0 Å². The molecule has 2 heterocycles. The number of hydrogen-bond acceptors (Lipinski definition) is 4. The number of carbonyl (C=O) groups is 3. The number of nitrogens with zero attached hydrogens (tertiary/aromatic N) is 2. The van der Waals surface area contributed by atoms with Crippen LogP contribution in [0.15, 0.2) is 84.6 Å². The number of rotatable bonds is 6. The number of anilines is 2. The molecule has 0 bridgehead atoms. The largest absolute Gasteiger partial charge is 0.336 e. The summed E-state index contributed by atoms with van der Waals surface area (Å²) >= 11 is 0. The third-order valence-corrected chi connectivity index (χ3v) is 6.26. The van der Waals surface area contributed by atoms with Gasteiger partial charge in [0.1, 0.15) is 5.70 Å². The molecule has 3 aromatic rings. The number of benzene rings is 3. The molecular formula is C28H25N3O3. The van der Waals surface area contributed by atoms with Crippen LogP contribution in [0.1, 0.15) is 23.6 Å². The minimum absolute atomic E-state index is 0.166. The SMILES string of the molecule is CC(=O)Nc1ccc(C2=C(N3CCc4ccccc43)C(=O)N(CCc3ccccc3)C2=O)cc1. The third kappa shape index (κ3) is 3.99. The molecule has 0 aliphatic carbocycles. The molecule has 5 rings (SSSR count). The molecule has 34 heavy (non-hydrogen) atoms. The van der Waals surface area contributed by atoms with Gasteiger partial charge >= 0.3 is 0 Å². The Hall–Kier alpha value is -4.19. The van der Waals surface area contributed by atoms with Crippen LogP contribution in [0.5, 0.6) is 0 Å². The monoisotopic (exact) mass is 451 g/mol. The van der Waals surface area contributed by atoms with Gasteiger partial charge in [0.2, 0.25) is 5.91 Å². The highest BCUT2D eigenvalue weighted by atomic mass is 16.2. The van der Waals surface area contributed by atoms with Gasteiger partial charge in [-0.15, -0.1) is 0 Å². The molecule has 0 radical (unpaired) electrons. The van der Waals surface area contributed by atoms with Gasteiger partial charge in [0, 0.05) is 31.4 Å². The molecule has 0 fully saturated rings. The molecule has 170 valence electrons. The Morgan fingerprint density at radius 1 is 0.882 bits per heavy atom. The van der Waals surface area contributed by atoms with E-state index in [1.165, 1.54) is 17.4 Å². The van der Waals surface area contributed by atoms with Crippen molar-refractivity contribution in [2.24, 2.45) is 0 Å². The van der Waals surface area contributed by atoms with E-state index in [0.717, 1.165) is 17.7 Å². The summed E-state index contributed by atoms with van der Waals surface area (Å²) in [6.45, 7) is 2.41. The van der Waals surface area contributed by atoms with E-state index in [1.54, 1.807) is 24.3 Å². The first-order valence-electron chi connectivity index (χ1n) is 11.4. The summed E-state index contributed by atoms with van der Waals surface area (Å²) in [5, 5.41) is 2.74. The minimum atomic E-state index is -0.285. The zero-order valence-corrected chi connectivity index (χ0v) is 19.0. The number of imide groups is 1. The Labute approximate surface area is 198 Å². The van der Waals surface area contributed by atoms with E-state index in [2.05, 4.69) is 11.4 Å². The zero-order valence-electron chi connectivity index (χ0n) is 19.0. The van der Waals surface area contributed by atoms with Crippen LogP contribution in [-0.2, 0) is 27.2 Å². The van der Waals surface area contributed by atoms with Gasteiger partial charge in [0.15, 0.2) is 0 Å². The van der Waals surface area contributed by atoms with Crippen molar-refractivity contribution in [2.45, 2.75) is 19.8 Å². The standard InChI is InChI=1S/C28H25N3O3/c1-19(32)29-23-13-11-22(12-14-23)25-26(30-18-16-21-9-5-6-10-24(21)30)28(34)31(27(25)33)17-15-20-7-3-2-4-8-20/h2-14H,15-18H2,1H3,(H,29,32).